The largest absolute Gasteiger partial charge is 0.454 e. The minimum Gasteiger partial charge on any atom is -0.454 e. The summed E-state index contributed by atoms with van der Waals surface area (Å²) in [5, 5.41) is 4.49. The summed E-state index contributed by atoms with van der Waals surface area (Å²) >= 11 is 12.0. The lowest BCUT2D eigenvalue weighted by atomic mass is 10.1. The first-order chi connectivity index (χ1) is 10.1. The van der Waals surface area contributed by atoms with Gasteiger partial charge in [-0.2, -0.15) is 0 Å². The maximum atomic E-state index is 6.08. The van der Waals surface area contributed by atoms with Gasteiger partial charge in [0.2, 0.25) is 0 Å². The lowest BCUT2D eigenvalue weighted by Crippen LogP contribution is -2.20. The summed E-state index contributed by atoms with van der Waals surface area (Å²) in [6.07, 6.45) is 2.69. The third-order valence-electron chi connectivity index (χ3n) is 3.10. The van der Waals surface area contributed by atoms with Crippen molar-refractivity contribution in [2.75, 3.05) is 6.54 Å². The number of hydrogen-bond acceptors (Lipinski definition) is 3. The van der Waals surface area contributed by atoms with Gasteiger partial charge in [-0.25, -0.2) is 0 Å². The zero-order chi connectivity index (χ0) is 15.2. The molecule has 0 amide bonds. The fourth-order valence-electron chi connectivity index (χ4n) is 2.05. The van der Waals surface area contributed by atoms with E-state index in [4.69, 9.17) is 27.9 Å². The van der Waals surface area contributed by atoms with Crippen molar-refractivity contribution in [3.05, 3.63) is 52.3 Å². The molecule has 1 atom stereocenters. The van der Waals surface area contributed by atoms with Crippen LogP contribution >= 0.6 is 23.2 Å². The summed E-state index contributed by atoms with van der Waals surface area (Å²) < 4.78 is 5.72. The first-order valence-corrected chi connectivity index (χ1v) is 7.71. The molecule has 2 aromatic rings. The summed E-state index contributed by atoms with van der Waals surface area (Å²) in [5.74, 6) is 1.16. The van der Waals surface area contributed by atoms with E-state index in [-0.39, 0.29) is 6.04 Å². The maximum Gasteiger partial charge on any atom is 0.147 e. The van der Waals surface area contributed by atoms with E-state index in [0.29, 0.717) is 21.5 Å². The van der Waals surface area contributed by atoms with Gasteiger partial charge in [0.15, 0.2) is 0 Å². The minimum atomic E-state index is 0.263. The predicted octanol–water partition coefficient (Wildman–Crippen LogP) is 5.24. The molecular weight excluding hydrogens is 307 g/mol. The molecule has 5 heteroatoms. The van der Waals surface area contributed by atoms with Crippen LogP contribution in [0.15, 0.2) is 36.5 Å². The van der Waals surface area contributed by atoms with Crippen LogP contribution < -0.4 is 10.1 Å². The molecule has 0 aliphatic heterocycles. The van der Waals surface area contributed by atoms with Gasteiger partial charge < -0.3 is 10.1 Å². The molecule has 112 valence electrons. The Bertz CT molecular complexity index is 587. The van der Waals surface area contributed by atoms with E-state index in [1.54, 1.807) is 24.4 Å². The SMILES string of the molecule is CCNC(CC)c1ccc(Oc2cc(Cl)ccc2Cl)cn1. The van der Waals surface area contributed by atoms with Crippen LogP contribution in [-0.4, -0.2) is 11.5 Å². The van der Waals surface area contributed by atoms with Crippen LogP contribution in [0.4, 0.5) is 0 Å². The van der Waals surface area contributed by atoms with E-state index >= 15 is 0 Å². The molecule has 0 saturated heterocycles. The monoisotopic (exact) mass is 324 g/mol. The summed E-state index contributed by atoms with van der Waals surface area (Å²) in [7, 11) is 0. The third kappa shape index (κ3) is 4.34. The Morgan fingerprint density at radius 1 is 1.19 bits per heavy atom. The molecule has 2 rings (SSSR count). The summed E-state index contributed by atoms with van der Waals surface area (Å²) in [5.41, 5.74) is 1.00. The highest BCUT2D eigenvalue weighted by molar-refractivity contribution is 6.34. The number of rotatable bonds is 6. The highest BCUT2D eigenvalue weighted by Crippen LogP contribution is 2.31. The molecule has 1 heterocycles. The van der Waals surface area contributed by atoms with Crippen LogP contribution in [0.2, 0.25) is 10.0 Å². The van der Waals surface area contributed by atoms with E-state index in [1.807, 2.05) is 12.1 Å². The number of nitrogens with zero attached hydrogens (tertiary/aromatic N) is 1. The van der Waals surface area contributed by atoms with Gasteiger partial charge in [-0.05, 0) is 37.2 Å². The molecular formula is C16H18Cl2N2O. The van der Waals surface area contributed by atoms with Crippen molar-refractivity contribution >= 4 is 23.2 Å². The van der Waals surface area contributed by atoms with E-state index in [1.165, 1.54) is 0 Å². The van der Waals surface area contributed by atoms with Crippen molar-refractivity contribution in [1.82, 2.24) is 10.3 Å². The zero-order valence-electron chi connectivity index (χ0n) is 12.1. The minimum absolute atomic E-state index is 0.263. The van der Waals surface area contributed by atoms with Gasteiger partial charge in [0.05, 0.1) is 16.9 Å². The van der Waals surface area contributed by atoms with Crippen molar-refractivity contribution in [1.29, 1.82) is 0 Å². The highest BCUT2D eigenvalue weighted by Gasteiger charge is 2.10. The Morgan fingerprint density at radius 2 is 2.00 bits per heavy atom. The normalized spacial score (nSPS) is 12.2. The maximum absolute atomic E-state index is 6.08. The predicted molar refractivity (Wildman–Crippen MR) is 87.5 cm³/mol. The Kier molecular flexibility index (Phi) is 5.85. The molecule has 0 fully saturated rings. The Hall–Kier alpha value is -1.29. The molecule has 0 aliphatic carbocycles. The second-order valence-electron chi connectivity index (χ2n) is 4.61. The van der Waals surface area contributed by atoms with E-state index in [9.17, 15) is 0 Å². The average Bonchev–Trinajstić information content (AvgIpc) is 2.49. The molecule has 0 spiro atoms. The van der Waals surface area contributed by atoms with E-state index < -0.39 is 0 Å². The van der Waals surface area contributed by atoms with Gasteiger partial charge in [0.1, 0.15) is 11.5 Å². The molecule has 1 unspecified atom stereocenters. The molecule has 1 N–H and O–H groups in total. The molecule has 0 bridgehead atoms. The number of ether oxygens (including phenoxy) is 1. The second kappa shape index (κ2) is 7.64. The van der Waals surface area contributed by atoms with Crippen LogP contribution in [0.25, 0.3) is 0 Å². The quantitative estimate of drug-likeness (QED) is 0.788. The van der Waals surface area contributed by atoms with Crippen LogP contribution in [0.1, 0.15) is 32.0 Å². The molecule has 1 aromatic heterocycles. The average molecular weight is 325 g/mol. The van der Waals surface area contributed by atoms with Gasteiger partial charge in [-0.1, -0.05) is 37.0 Å². The summed E-state index contributed by atoms with van der Waals surface area (Å²) in [4.78, 5) is 4.45. The summed E-state index contributed by atoms with van der Waals surface area (Å²) in [6, 6.07) is 9.23. The molecule has 0 saturated carbocycles. The van der Waals surface area contributed by atoms with Crippen molar-refractivity contribution in [2.24, 2.45) is 0 Å². The Labute approximate surface area is 135 Å². The fraction of sp³-hybridized carbons (Fsp3) is 0.312. The van der Waals surface area contributed by atoms with Crippen molar-refractivity contribution in [2.45, 2.75) is 26.3 Å². The second-order valence-corrected chi connectivity index (χ2v) is 5.46. The Morgan fingerprint density at radius 3 is 2.62 bits per heavy atom. The topological polar surface area (TPSA) is 34.1 Å². The number of benzene rings is 1. The molecule has 21 heavy (non-hydrogen) atoms. The fourth-order valence-corrected chi connectivity index (χ4v) is 2.36. The molecule has 0 aliphatic rings. The first-order valence-electron chi connectivity index (χ1n) is 6.96. The molecule has 0 radical (unpaired) electrons. The highest BCUT2D eigenvalue weighted by atomic mass is 35.5. The van der Waals surface area contributed by atoms with Crippen LogP contribution in [0, 0.1) is 0 Å². The van der Waals surface area contributed by atoms with Crippen LogP contribution in [0.5, 0.6) is 11.5 Å². The van der Waals surface area contributed by atoms with E-state index in [0.717, 1.165) is 18.7 Å². The zero-order valence-corrected chi connectivity index (χ0v) is 13.6. The van der Waals surface area contributed by atoms with Crippen molar-refractivity contribution in [3.8, 4) is 11.5 Å². The number of nitrogens with one attached hydrogen (secondary N) is 1. The smallest absolute Gasteiger partial charge is 0.147 e. The third-order valence-corrected chi connectivity index (χ3v) is 3.64. The van der Waals surface area contributed by atoms with Gasteiger partial charge >= 0.3 is 0 Å². The number of aromatic nitrogens is 1. The number of pyridine rings is 1. The van der Waals surface area contributed by atoms with E-state index in [2.05, 4.69) is 24.1 Å². The van der Waals surface area contributed by atoms with Crippen LogP contribution in [-0.2, 0) is 0 Å². The molecule has 3 nitrogen and oxygen atoms in total. The first kappa shape index (κ1) is 16.1. The Balaban J connectivity index is 2.13. The number of hydrogen-bond donors (Lipinski definition) is 1. The van der Waals surface area contributed by atoms with Crippen LogP contribution in [0.3, 0.4) is 0 Å². The number of halogens is 2. The molecule has 1 aromatic carbocycles. The van der Waals surface area contributed by atoms with Crippen molar-refractivity contribution < 1.29 is 4.74 Å². The van der Waals surface area contributed by atoms with Gasteiger partial charge in [-0.3, -0.25) is 4.98 Å². The van der Waals surface area contributed by atoms with Gasteiger partial charge in [-0.15, -0.1) is 0 Å². The lowest BCUT2D eigenvalue weighted by Gasteiger charge is -2.15. The standard InChI is InChI=1S/C16H18Cl2N2O/c1-3-14(19-4-2)15-8-6-12(10-20-15)21-16-9-11(17)5-7-13(16)18/h5-10,14,19H,3-4H2,1-2H3. The van der Waals surface area contributed by atoms with Gasteiger partial charge in [0.25, 0.3) is 0 Å². The lowest BCUT2D eigenvalue weighted by molar-refractivity contribution is 0.476. The summed E-state index contributed by atoms with van der Waals surface area (Å²) in [6.45, 7) is 5.13. The van der Waals surface area contributed by atoms with Gasteiger partial charge in [0, 0.05) is 17.1 Å². The van der Waals surface area contributed by atoms with Crippen molar-refractivity contribution in [3.63, 3.8) is 0 Å².